The summed E-state index contributed by atoms with van der Waals surface area (Å²) in [4.78, 5) is 37.5. The van der Waals surface area contributed by atoms with Crippen LogP contribution in [0.3, 0.4) is 0 Å². The summed E-state index contributed by atoms with van der Waals surface area (Å²) in [5, 5.41) is 2.73. The molecule has 2 rings (SSSR count). The predicted molar refractivity (Wildman–Crippen MR) is 72.3 cm³/mol. The van der Waals surface area contributed by atoms with Gasteiger partial charge in [-0.3, -0.25) is 9.59 Å². The highest BCUT2D eigenvalue weighted by Gasteiger charge is 2.10. The van der Waals surface area contributed by atoms with Crippen molar-refractivity contribution in [3.63, 3.8) is 0 Å². The van der Waals surface area contributed by atoms with E-state index in [4.69, 9.17) is 0 Å². The van der Waals surface area contributed by atoms with Gasteiger partial charge in [0, 0.05) is 29.7 Å². The molecular weight excluding hydrogens is 258 g/mol. The molecule has 0 fully saturated rings. The van der Waals surface area contributed by atoms with Crippen LogP contribution < -0.4 is 10.9 Å². The van der Waals surface area contributed by atoms with E-state index >= 15 is 0 Å². The van der Waals surface area contributed by atoms with Crippen molar-refractivity contribution >= 4 is 5.91 Å². The third-order valence-electron chi connectivity index (χ3n) is 2.86. The minimum Gasteiger partial charge on any atom is -0.346 e. The number of carbonyl (C=O) groups excluding carboxylic acids is 1. The van der Waals surface area contributed by atoms with Crippen molar-refractivity contribution in [3.05, 3.63) is 51.2 Å². The molecule has 0 aliphatic heterocycles. The molecule has 0 aliphatic carbocycles. The van der Waals surface area contributed by atoms with Crippen LogP contribution >= 0.6 is 0 Å². The Morgan fingerprint density at radius 3 is 2.45 bits per heavy atom. The number of aromatic nitrogens is 4. The Hall–Kier alpha value is -2.57. The zero-order valence-corrected chi connectivity index (χ0v) is 11.5. The number of nitrogens with zero attached hydrogens (tertiary/aromatic N) is 3. The third kappa shape index (κ3) is 3.05. The van der Waals surface area contributed by atoms with Crippen LogP contribution in [0, 0.1) is 20.8 Å². The maximum Gasteiger partial charge on any atom is 0.271 e. The molecule has 7 heteroatoms. The van der Waals surface area contributed by atoms with Crippen LogP contribution in [0.25, 0.3) is 0 Å². The molecule has 20 heavy (non-hydrogen) atoms. The maximum absolute atomic E-state index is 11.9. The number of hydrogen-bond acceptors (Lipinski definition) is 5. The standard InChI is InChI=1S/C13H15N5O2/c1-7-10(8(2)18-9(3)17-7)4-16-13(20)11-5-15-12(19)6-14-11/h5-6H,4H2,1-3H3,(H,15,19)(H,16,20). The molecule has 0 aliphatic rings. The van der Waals surface area contributed by atoms with Gasteiger partial charge < -0.3 is 10.3 Å². The summed E-state index contributed by atoms with van der Waals surface area (Å²) < 4.78 is 0. The van der Waals surface area contributed by atoms with Gasteiger partial charge in [-0.2, -0.15) is 0 Å². The van der Waals surface area contributed by atoms with Crippen LogP contribution in [0.5, 0.6) is 0 Å². The van der Waals surface area contributed by atoms with E-state index in [1.54, 1.807) is 0 Å². The first kappa shape index (κ1) is 13.9. The number of amides is 1. The number of hydrogen-bond donors (Lipinski definition) is 2. The van der Waals surface area contributed by atoms with Crippen LogP contribution in [0.15, 0.2) is 17.2 Å². The fourth-order valence-corrected chi connectivity index (χ4v) is 1.89. The van der Waals surface area contributed by atoms with Crippen molar-refractivity contribution < 1.29 is 4.79 Å². The van der Waals surface area contributed by atoms with E-state index in [0.29, 0.717) is 12.4 Å². The molecule has 0 atom stereocenters. The molecule has 1 amide bonds. The van der Waals surface area contributed by atoms with E-state index in [9.17, 15) is 9.59 Å². The number of H-pyrrole nitrogens is 1. The van der Waals surface area contributed by atoms with E-state index in [2.05, 4.69) is 25.3 Å². The van der Waals surface area contributed by atoms with Gasteiger partial charge in [0.2, 0.25) is 0 Å². The lowest BCUT2D eigenvalue weighted by Crippen LogP contribution is -2.26. The smallest absolute Gasteiger partial charge is 0.271 e. The zero-order chi connectivity index (χ0) is 14.7. The molecule has 104 valence electrons. The number of aryl methyl sites for hydroxylation is 3. The Kier molecular flexibility index (Phi) is 3.88. The first-order valence-corrected chi connectivity index (χ1v) is 6.11. The molecule has 7 nitrogen and oxygen atoms in total. The molecule has 0 saturated heterocycles. The van der Waals surface area contributed by atoms with Crippen LogP contribution in [-0.2, 0) is 6.54 Å². The van der Waals surface area contributed by atoms with Gasteiger partial charge in [0.1, 0.15) is 11.5 Å². The van der Waals surface area contributed by atoms with Crippen LogP contribution in [0.2, 0.25) is 0 Å². The van der Waals surface area contributed by atoms with E-state index < -0.39 is 0 Å². The fourth-order valence-electron chi connectivity index (χ4n) is 1.89. The number of rotatable bonds is 3. The van der Waals surface area contributed by atoms with Gasteiger partial charge in [0.05, 0.1) is 6.20 Å². The van der Waals surface area contributed by atoms with Crippen molar-refractivity contribution in [2.45, 2.75) is 27.3 Å². The first-order chi connectivity index (χ1) is 9.47. The summed E-state index contributed by atoms with van der Waals surface area (Å²) in [6.07, 6.45) is 2.35. The zero-order valence-electron chi connectivity index (χ0n) is 11.5. The predicted octanol–water partition coefficient (Wildman–Crippen LogP) is 0.415. The minimum atomic E-state index is -0.361. The Bertz CT molecular complexity index is 665. The Labute approximate surface area is 115 Å². The highest BCUT2D eigenvalue weighted by Crippen LogP contribution is 2.09. The summed E-state index contributed by atoms with van der Waals surface area (Å²) in [5.41, 5.74) is 2.37. The molecule has 2 aromatic rings. The van der Waals surface area contributed by atoms with Crippen molar-refractivity contribution in [1.29, 1.82) is 0 Å². The molecule has 0 aromatic carbocycles. The van der Waals surface area contributed by atoms with Gasteiger partial charge in [-0.25, -0.2) is 15.0 Å². The van der Waals surface area contributed by atoms with Crippen molar-refractivity contribution in [3.8, 4) is 0 Å². The second kappa shape index (κ2) is 5.60. The van der Waals surface area contributed by atoms with E-state index in [1.807, 2.05) is 20.8 Å². The first-order valence-electron chi connectivity index (χ1n) is 6.11. The second-order valence-corrected chi connectivity index (χ2v) is 4.40. The minimum absolute atomic E-state index is 0.160. The van der Waals surface area contributed by atoms with Crippen LogP contribution in [0.1, 0.15) is 33.3 Å². The molecule has 0 saturated carbocycles. The van der Waals surface area contributed by atoms with Gasteiger partial charge in [-0.1, -0.05) is 0 Å². The molecule has 2 aromatic heterocycles. The second-order valence-electron chi connectivity index (χ2n) is 4.40. The summed E-state index contributed by atoms with van der Waals surface area (Å²) in [7, 11) is 0. The van der Waals surface area contributed by atoms with Gasteiger partial charge >= 0.3 is 0 Å². The molecule has 2 N–H and O–H groups in total. The van der Waals surface area contributed by atoms with Gasteiger partial charge in [0.15, 0.2) is 0 Å². The molecule has 0 spiro atoms. The largest absolute Gasteiger partial charge is 0.346 e. The monoisotopic (exact) mass is 273 g/mol. The van der Waals surface area contributed by atoms with Crippen molar-refractivity contribution in [2.24, 2.45) is 0 Å². The normalized spacial score (nSPS) is 10.3. The Morgan fingerprint density at radius 1 is 1.25 bits per heavy atom. The van der Waals surface area contributed by atoms with Crippen molar-refractivity contribution in [1.82, 2.24) is 25.3 Å². The summed E-state index contributed by atoms with van der Waals surface area (Å²) >= 11 is 0. The van der Waals surface area contributed by atoms with Crippen molar-refractivity contribution in [2.75, 3.05) is 0 Å². The van der Waals surface area contributed by atoms with Crippen LogP contribution in [0.4, 0.5) is 0 Å². The topological polar surface area (TPSA) is 101 Å². The summed E-state index contributed by atoms with van der Waals surface area (Å²) in [6, 6.07) is 0. The highest BCUT2D eigenvalue weighted by atomic mass is 16.2. The number of aromatic amines is 1. The molecular formula is C13H15N5O2. The molecule has 0 radical (unpaired) electrons. The highest BCUT2D eigenvalue weighted by molar-refractivity contribution is 5.91. The average Bonchev–Trinajstić information content (AvgIpc) is 2.38. The maximum atomic E-state index is 11.9. The van der Waals surface area contributed by atoms with Crippen LogP contribution in [-0.4, -0.2) is 25.8 Å². The van der Waals surface area contributed by atoms with E-state index in [1.165, 1.54) is 6.20 Å². The van der Waals surface area contributed by atoms with Gasteiger partial charge in [-0.05, 0) is 20.8 Å². The summed E-state index contributed by atoms with van der Waals surface area (Å²) in [6.45, 7) is 5.90. The van der Waals surface area contributed by atoms with E-state index in [-0.39, 0.29) is 17.2 Å². The Balaban J connectivity index is 2.11. The average molecular weight is 273 g/mol. The lowest BCUT2D eigenvalue weighted by molar-refractivity contribution is 0.0945. The Morgan fingerprint density at radius 2 is 1.90 bits per heavy atom. The lowest BCUT2D eigenvalue weighted by atomic mass is 10.1. The van der Waals surface area contributed by atoms with Gasteiger partial charge in [-0.15, -0.1) is 0 Å². The number of carbonyl (C=O) groups is 1. The van der Waals surface area contributed by atoms with E-state index in [0.717, 1.165) is 23.1 Å². The lowest BCUT2D eigenvalue weighted by Gasteiger charge is -2.10. The quantitative estimate of drug-likeness (QED) is 0.843. The fraction of sp³-hybridized carbons (Fsp3) is 0.308. The SMILES string of the molecule is Cc1nc(C)c(CNC(=O)c2c[nH]c(=O)cn2)c(C)n1. The molecule has 0 bridgehead atoms. The van der Waals surface area contributed by atoms with Gasteiger partial charge in [0.25, 0.3) is 11.5 Å². The molecule has 0 unspecified atom stereocenters. The third-order valence-corrected chi connectivity index (χ3v) is 2.86. The number of nitrogens with one attached hydrogen (secondary N) is 2. The summed E-state index contributed by atoms with van der Waals surface area (Å²) in [5.74, 6) is 0.345. The molecule has 2 heterocycles.